The number of piperidine rings is 1. The summed E-state index contributed by atoms with van der Waals surface area (Å²) < 4.78 is 34.2. The van der Waals surface area contributed by atoms with Crippen LogP contribution < -0.4 is 25.2 Å². The number of nitrogens with zero attached hydrogens (tertiary/aromatic N) is 1. The second-order valence-electron chi connectivity index (χ2n) is 8.56. The number of para-hydroxylation sites is 2. The largest absolute Gasteiger partial charge is 0.486 e. The molecule has 0 radical (unpaired) electrons. The summed E-state index contributed by atoms with van der Waals surface area (Å²) in [5.74, 6) is 1.17. The van der Waals surface area contributed by atoms with Gasteiger partial charge in [0.1, 0.15) is 12.7 Å². The van der Waals surface area contributed by atoms with E-state index >= 15 is 0 Å². The molecule has 4 rings (SSSR count). The van der Waals surface area contributed by atoms with E-state index in [4.69, 9.17) is 14.6 Å². The van der Waals surface area contributed by atoms with E-state index in [9.17, 15) is 18.3 Å². The number of carbonyl (C=O) groups is 1. The van der Waals surface area contributed by atoms with Crippen LogP contribution in [0.1, 0.15) is 12.8 Å². The number of anilines is 1. The standard InChI is InChI=1S/C23H30N4O6S/c24-34(30,31)18-7-5-17(6-8-18)26-23(29)14-27-11-9-16(10-12-27)25-13-19(28)22-15-32-20-3-1-2-4-21(20)33-22/h1-8,16,19,22,25,28H,9-15H2,(H,26,29)(H2,24,30,31). The van der Waals surface area contributed by atoms with Crippen LogP contribution in [0, 0.1) is 0 Å². The molecule has 0 bridgehead atoms. The molecule has 2 unspecified atom stereocenters. The maximum absolute atomic E-state index is 12.4. The van der Waals surface area contributed by atoms with Crippen molar-refractivity contribution >= 4 is 21.6 Å². The van der Waals surface area contributed by atoms with Crippen molar-refractivity contribution in [3.63, 3.8) is 0 Å². The quantitative estimate of drug-likeness (QED) is 0.420. The van der Waals surface area contributed by atoms with Gasteiger partial charge in [-0.15, -0.1) is 0 Å². The van der Waals surface area contributed by atoms with Crippen LogP contribution in [0.2, 0.25) is 0 Å². The highest BCUT2D eigenvalue weighted by Gasteiger charge is 2.28. The molecule has 5 N–H and O–H groups in total. The SMILES string of the molecule is NS(=O)(=O)c1ccc(NC(=O)CN2CCC(NCC(O)C3COc4ccccc4O3)CC2)cc1. The predicted molar refractivity (Wildman–Crippen MR) is 126 cm³/mol. The van der Waals surface area contributed by atoms with Crippen molar-refractivity contribution in [3.05, 3.63) is 48.5 Å². The second kappa shape index (κ2) is 10.7. The molecule has 11 heteroatoms. The van der Waals surface area contributed by atoms with Crippen LogP contribution in [0.15, 0.2) is 53.4 Å². The van der Waals surface area contributed by atoms with Gasteiger partial charge in [-0.1, -0.05) is 12.1 Å². The van der Waals surface area contributed by atoms with E-state index < -0.39 is 22.2 Å². The van der Waals surface area contributed by atoms with Gasteiger partial charge in [-0.05, 0) is 49.2 Å². The number of benzene rings is 2. The average Bonchev–Trinajstić information content (AvgIpc) is 2.83. The number of nitrogens with two attached hydrogens (primary N) is 1. The molecule has 0 saturated carbocycles. The predicted octanol–water partition coefficient (Wildman–Crippen LogP) is 0.527. The zero-order valence-electron chi connectivity index (χ0n) is 18.7. The summed E-state index contributed by atoms with van der Waals surface area (Å²) >= 11 is 0. The Morgan fingerprint density at radius 3 is 2.47 bits per heavy atom. The van der Waals surface area contributed by atoms with Crippen molar-refractivity contribution in [3.8, 4) is 11.5 Å². The van der Waals surface area contributed by atoms with Gasteiger partial charge in [0.25, 0.3) is 0 Å². The lowest BCUT2D eigenvalue weighted by Gasteiger charge is -2.34. The average molecular weight is 491 g/mol. The zero-order valence-corrected chi connectivity index (χ0v) is 19.5. The summed E-state index contributed by atoms with van der Waals surface area (Å²) in [7, 11) is -3.76. The Hall–Kier alpha value is -2.70. The number of aliphatic hydroxyl groups excluding tert-OH is 1. The van der Waals surface area contributed by atoms with Crippen LogP contribution in [-0.4, -0.2) is 75.4 Å². The normalized spacial score (nSPS) is 20.0. The number of primary sulfonamides is 1. The lowest BCUT2D eigenvalue weighted by atomic mass is 10.0. The number of hydrogen-bond donors (Lipinski definition) is 4. The van der Waals surface area contributed by atoms with Gasteiger partial charge in [0.05, 0.1) is 11.4 Å². The lowest BCUT2D eigenvalue weighted by molar-refractivity contribution is -0.117. The highest BCUT2D eigenvalue weighted by molar-refractivity contribution is 7.89. The van der Waals surface area contributed by atoms with Gasteiger partial charge in [0.2, 0.25) is 15.9 Å². The van der Waals surface area contributed by atoms with E-state index in [0.29, 0.717) is 30.3 Å². The summed E-state index contributed by atoms with van der Waals surface area (Å²) in [5, 5.41) is 21.8. The molecule has 10 nitrogen and oxygen atoms in total. The number of likely N-dealkylation sites (tertiary alicyclic amines) is 1. The number of aliphatic hydroxyl groups is 1. The minimum absolute atomic E-state index is 0.00224. The molecule has 2 heterocycles. The summed E-state index contributed by atoms with van der Waals surface area (Å²) in [4.78, 5) is 14.4. The van der Waals surface area contributed by atoms with Gasteiger partial charge in [0.15, 0.2) is 17.6 Å². The Labute approximate surface area is 199 Å². The maximum atomic E-state index is 12.4. The van der Waals surface area contributed by atoms with Gasteiger partial charge in [-0.3, -0.25) is 9.69 Å². The molecule has 1 fully saturated rings. The van der Waals surface area contributed by atoms with Crippen LogP contribution in [0.5, 0.6) is 11.5 Å². The van der Waals surface area contributed by atoms with Gasteiger partial charge in [-0.25, -0.2) is 13.6 Å². The van der Waals surface area contributed by atoms with Crippen molar-refractivity contribution in [2.75, 3.05) is 38.1 Å². The Bertz CT molecular complexity index is 1090. The van der Waals surface area contributed by atoms with Crippen LogP contribution in [0.25, 0.3) is 0 Å². The molecule has 184 valence electrons. The molecule has 0 aromatic heterocycles. The molecule has 2 aromatic rings. The molecule has 1 amide bonds. The van der Waals surface area contributed by atoms with Crippen LogP contribution in [0.3, 0.4) is 0 Å². The maximum Gasteiger partial charge on any atom is 0.238 e. The van der Waals surface area contributed by atoms with Crippen LogP contribution >= 0.6 is 0 Å². The third kappa shape index (κ3) is 6.45. The van der Waals surface area contributed by atoms with Crippen molar-refractivity contribution in [2.45, 2.75) is 36.0 Å². The third-order valence-corrected chi connectivity index (χ3v) is 6.93. The topological polar surface area (TPSA) is 143 Å². The van der Waals surface area contributed by atoms with Gasteiger partial charge in [-0.2, -0.15) is 0 Å². The summed E-state index contributed by atoms with van der Waals surface area (Å²) in [6.07, 6.45) is 0.588. The molecule has 0 aliphatic carbocycles. The monoisotopic (exact) mass is 490 g/mol. The minimum atomic E-state index is -3.76. The van der Waals surface area contributed by atoms with Crippen molar-refractivity contribution < 1.29 is 27.8 Å². The fourth-order valence-corrected chi connectivity index (χ4v) is 4.59. The van der Waals surface area contributed by atoms with Gasteiger partial charge >= 0.3 is 0 Å². The Morgan fingerprint density at radius 2 is 1.79 bits per heavy atom. The molecule has 2 aromatic carbocycles. The number of amides is 1. The molecule has 1 saturated heterocycles. The summed E-state index contributed by atoms with van der Waals surface area (Å²) in [6.45, 7) is 2.46. The van der Waals surface area contributed by atoms with E-state index in [1.807, 2.05) is 24.3 Å². The van der Waals surface area contributed by atoms with E-state index in [1.165, 1.54) is 24.3 Å². The Balaban J connectivity index is 1.16. The first-order valence-electron chi connectivity index (χ1n) is 11.2. The zero-order chi connectivity index (χ0) is 24.1. The first-order valence-corrected chi connectivity index (χ1v) is 12.8. The van der Waals surface area contributed by atoms with Gasteiger partial charge < -0.3 is 25.2 Å². The van der Waals surface area contributed by atoms with Crippen molar-refractivity contribution in [2.24, 2.45) is 5.14 Å². The number of sulfonamides is 1. The lowest BCUT2D eigenvalue weighted by Crippen LogP contribution is -2.50. The number of hydrogen-bond acceptors (Lipinski definition) is 8. The molecular formula is C23H30N4O6S. The molecule has 0 spiro atoms. The minimum Gasteiger partial charge on any atom is -0.486 e. The molecular weight excluding hydrogens is 460 g/mol. The second-order valence-corrected chi connectivity index (χ2v) is 10.1. The van der Waals surface area contributed by atoms with Crippen molar-refractivity contribution in [1.82, 2.24) is 10.2 Å². The van der Waals surface area contributed by atoms with E-state index in [0.717, 1.165) is 25.9 Å². The number of rotatable bonds is 8. The van der Waals surface area contributed by atoms with Crippen molar-refractivity contribution in [1.29, 1.82) is 0 Å². The number of carbonyl (C=O) groups excluding carboxylic acids is 1. The number of nitrogens with one attached hydrogen (secondary N) is 2. The van der Waals surface area contributed by atoms with Crippen LogP contribution in [-0.2, 0) is 14.8 Å². The summed E-state index contributed by atoms with van der Waals surface area (Å²) in [6, 6.07) is 13.4. The number of fused-ring (bicyclic) bond motifs is 1. The Morgan fingerprint density at radius 1 is 1.12 bits per heavy atom. The third-order valence-electron chi connectivity index (χ3n) is 6.00. The first kappa shape index (κ1) is 24.4. The molecule has 34 heavy (non-hydrogen) atoms. The van der Waals surface area contributed by atoms with Gasteiger partial charge in [0, 0.05) is 31.4 Å². The number of ether oxygens (including phenoxy) is 2. The highest BCUT2D eigenvalue weighted by Crippen LogP contribution is 2.31. The first-order chi connectivity index (χ1) is 16.3. The molecule has 2 atom stereocenters. The summed E-state index contributed by atoms with van der Waals surface area (Å²) in [5.41, 5.74) is 0.513. The van der Waals surface area contributed by atoms with E-state index in [2.05, 4.69) is 15.5 Å². The molecule has 2 aliphatic rings. The van der Waals surface area contributed by atoms with E-state index in [-0.39, 0.29) is 23.4 Å². The fourth-order valence-electron chi connectivity index (χ4n) is 4.07. The van der Waals surface area contributed by atoms with Crippen LogP contribution in [0.4, 0.5) is 5.69 Å². The fraction of sp³-hybridized carbons (Fsp3) is 0.435. The highest BCUT2D eigenvalue weighted by atomic mass is 32.2. The smallest absolute Gasteiger partial charge is 0.238 e. The molecule has 2 aliphatic heterocycles. The Kier molecular flexibility index (Phi) is 7.69. The van der Waals surface area contributed by atoms with E-state index in [1.54, 1.807) is 0 Å².